The van der Waals surface area contributed by atoms with Gasteiger partial charge in [-0.25, -0.2) is 9.78 Å². The first-order valence-corrected chi connectivity index (χ1v) is 7.69. The molecule has 0 saturated heterocycles. The van der Waals surface area contributed by atoms with Crippen molar-refractivity contribution in [2.24, 2.45) is 7.05 Å². The minimum Gasteiger partial charge on any atom is -0.481 e. The van der Waals surface area contributed by atoms with Gasteiger partial charge in [0.15, 0.2) is 0 Å². The quantitative estimate of drug-likeness (QED) is 0.807. The second kappa shape index (κ2) is 6.81. The van der Waals surface area contributed by atoms with Crippen molar-refractivity contribution in [3.63, 3.8) is 0 Å². The van der Waals surface area contributed by atoms with Gasteiger partial charge >= 0.3 is 12.0 Å². The van der Waals surface area contributed by atoms with E-state index in [1.165, 1.54) is 5.69 Å². The molecule has 1 aliphatic heterocycles. The van der Waals surface area contributed by atoms with Gasteiger partial charge in [-0.05, 0) is 6.42 Å². The summed E-state index contributed by atoms with van der Waals surface area (Å²) in [6, 6.07) is -0.146. The molecule has 0 atom stereocenters. The second-order valence-corrected chi connectivity index (χ2v) is 5.98. The highest BCUT2D eigenvalue weighted by atomic mass is 16.4. The number of carbonyl (C=O) groups excluding carboxylic acids is 1. The monoisotopic (exact) mass is 308 g/mol. The van der Waals surface area contributed by atoms with Crippen LogP contribution in [0.3, 0.4) is 0 Å². The van der Waals surface area contributed by atoms with E-state index >= 15 is 0 Å². The molecule has 1 aliphatic rings. The summed E-state index contributed by atoms with van der Waals surface area (Å²) in [5, 5.41) is 11.3. The minimum atomic E-state index is -0.841. The molecule has 0 unspecified atom stereocenters. The van der Waals surface area contributed by atoms with Crippen LogP contribution < -0.4 is 5.32 Å². The number of fused-ring (bicyclic) bond motifs is 1. The summed E-state index contributed by atoms with van der Waals surface area (Å²) in [5.74, 6) is 0.564. The Morgan fingerprint density at radius 3 is 2.77 bits per heavy atom. The molecule has 0 saturated carbocycles. The summed E-state index contributed by atoms with van der Waals surface area (Å²) >= 11 is 0. The maximum atomic E-state index is 12.1. The van der Waals surface area contributed by atoms with E-state index in [2.05, 4.69) is 28.7 Å². The van der Waals surface area contributed by atoms with Crippen LogP contribution in [0.25, 0.3) is 0 Å². The zero-order chi connectivity index (χ0) is 16.3. The van der Waals surface area contributed by atoms with E-state index < -0.39 is 5.97 Å². The van der Waals surface area contributed by atoms with Gasteiger partial charge in [0, 0.05) is 44.6 Å². The molecule has 0 radical (unpaired) electrons. The molecule has 2 rings (SSSR count). The Morgan fingerprint density at radius 1 is 1.41 bits per heavy atom. The fourth-order valence-corrected chi connectivity index (χ4v) is 2.79. The van der Waals surface area contributed by atoms with Crippen LogP contribution >= 0.6 is 0 Å². The van der Waals surface area contributed by atoms with Gasteiger partial charge in [-0.15, -0.1) is 0 Å². The van der Waals surface area contributed by atoms with Gasteiger partial charge in [-0.1, -0.05) is 13.8 Å². The zero-order valence-electron chi connectivity index (χ0n) is 13.4. The predicted molar refractivity (Wildman–Crippen MR) is 81.7 cm³/mol. The number of carbonyl (C=O) groups is 2. The van der Waals surface area contributed by atoms with E-state index in [1.54, 1.807) is 4.90 Å². The number of aromatic nitrogens is 2. The molecule has 2 N–H and O–H groups in total. The van der Waals surface area contributed by atoms with Crippen molar-refractivity contribution >= 4 is 12.0 Å². The highest BCUT2D eigenvalue weighted by Gasteiger charge is 2.26. The van der Waals surface area contributed by atoms with E-state index in [0.717, 1.165) is 17.9 Å². The standard InChI is InChI=1S/C15H24N4O3/c1-10(2)14-17-11-9-19(8-6-12(11)18(14)3)15(22)16-7-4-5-13(20)21/h10H,4-9H2,1-3H3,(H,16,22)(H,20,21). The fourth-order valence-electron chi connectivity index (χ4n) is 2.79. The van der Waals surface area contributed by atoms with Crippen LogP contribution in [0.15, 0.2) is 0 Å². The lowest BCUT2D eigenvalue weighted by Gasteiger charge is -2.27. The highest BCUT2D eigenvalue weighted by Crippen LogP contribution is 2.23. The summed E-state index contributed by atoms with van der Waals surface area (Å²) in [4.78, 5) is 29.0. The lowest BCUT2D eigenvalue weighted by Crippen LogP contribution is -2.43. The van der Waals surface area contributed by atoms with Crippen molar-refractivity contribution in [1.82, 2.24) is 19.8 Å². The van der Waals surface area contributed by atoms with Crippen LogP contribution in [-0.2, 0) is 24.8 Å². The topological polar surface area (TPSA) is 87.5 Å². The van der Waals surface area contributed by atoms with Gasteiger partial charge < -0.3 is 19.9 Å². The fraction of sp³-hybridized carbons (Fsp3) is 0.667. The highest BCUT2D eigenvalue weighted by molar-refractivity contribution is 5.74. The Kier molecular flexibility index (Phi) is 5.05. The van der Waals surface area contributed by atoms with Crippen molar-refractivity contribution in [3.8, 4) is 0 Å². The average molecular weight is 308 g/mol. The van der Waals surface area contributed by atoms with Crippen LogP contribution in [0.5, 0.6) is 0 Å². The van der Waals surface area contributed by atoms with Crippen molar-refractivity contribution in [2.75, 3.05) is 13.1 Å². The van der Waals surface area contributed by atoms with Crippen LogP contribution in [-0.4, -0.2) is 44.6 Å². The van der Waals surface area contributed by atoms with Crippen LogP contribution in [0.4, 0.5) is 4.79 Å². The number of carboxylic acids is 1. The van der Waals surface area contributed by atoms with Crippen LogP contribution in [0.1, 0.15) is 49.8 Å². The summed E-state index contributed by atoms with van der Waals surface area (Å²) in [5.41, 5.74) is 2.18. The number of nitrogens with one attached hydrogen (secondary N) is 1. The van der Waals surface area contributed by atoms with Crippen molar-refractivity contribution < 1.29 is 14.7 Å². The summed E-state index contributed by atoms with van der Waals surface area (Å²) < 4.78 is 2.14. The number of urea groups is 1. The smallest absolute Gasteiger partial charge is 0.317 e. The predicted octanol–water partition coefficient (Wildman–Crippen LogP) is 1.48. The Hall–Kier alpha value is -2.05. The first kappa shape index (κ1) is 16.3. The van der Waals surface area contributed by atoms with Crippen molar-refractivity contribution in [1.29, 1.82) is 0 Å². The molecule has 0 spiro atoms. The molecule has 1 aromatic rings. The molecule has 0 aliphatic carbocycles. The van der Waals surface area contributed by atoms with Crippen LogP contribution in [0, 0.1) is 0 Å². The number of aliphatic carboxylic acids is 1. The Morgan fingerprint density at radius 2 is 2.14 bits per heavy atom. The number of amides is 2. The normalized spacial score (nSPS) is 14.1. The lowest BCUT2D eigenvalue weighted by molar-refractivity contribution is -0.137. The van der Waals surface area contributed by atoms with Gasteiger partial charge in [0.2, 0.25) is 0 Å². The third-order valence-electron chi connectivity index (χ3n) is 3.94. The Bertz CT molecular complexity index is 565. The maximum absolute atomic E-state index is 12.1. The Labute approximate surface area is 130 Å². The molecule has 2 heterocycles. The molecule has 0 aromatic carbocycles. The van der Waals surface area contributed by atoms with Gasteiger partial charge in [-0.2, -0.15) is 0 Å². The lowest BCUT2D eigenvalue weighted by atomic mass is 10.1. The number of hydrogen-bond acceptors (Lipinski definition) is 3. The molecular formula is C15H24N4O3. The van der Waals surface area contributed by atoms with Gasteiger partial charge in [0.05, 0.1) is 12.2 Å². The maximum Gasteiger partial charge on any atom is 0.317 e. The van der Waals surface area contributed by atoms with E-state index in [4.69, 9.17) is 5.11 Å². The van der Waals surface area contributed by atoms with E-state index in [-0.39, 0.29) is 12.5 Å². The van der Waals surface area contributed by atoms with E-state index in [1.807, 2.05) is 7.05 Å². The van der Waals surface area contributed by atoms with Crippen LogP contribution in [0.2, 0.25) is 0 Å². The number of rotatable bonds is 5. The number of nitrogens with zero attached hydrogens (tertiary/aromatic N) is 3. The third kappa shape index (κ3) is 3.58. The van der Waals surface area contributed by atoms with Crippen molar-refractivity contribution in [2.45, 2.75) is 45.6 Å². The largest absolute Gasteiger partial charge is 0.481 e. The van der Waals surface area contributed by atoms with E-state index in [0.29, 0.717) is 32.0 Å². The summed E-state index contributed by atoms with van der Waals surface area (Å²) in [7, 11) is 2.03. The van der Waals surface area contributed by atoms with Crippen molar-refractivity contribution in [3.05, 3.63) is 17.2 Å². The summed E-state index contributed by atoms with van der Waals surface area (Å²) in [6.45, 7) is 5.78. The molecule has 0 bridgehead atoms. The van der Waals surface area contributed by atoms with Gasteiger partial charge in [0.1, 0.15) is 5.82 Å². The molecular weight excluding hydrogens is 284 g/mol. The molecule has 22 heavy (non-hydrogen) atoms. The first-order valence-electron chi connectivity index (χ1n) is 7.69. The number of carboxylic acid groups (broad SMARTS) is 1. The molecule has 1 aromatic heterocycles. The summed E-state index contributed by atoms with van der Waals surface area (Å²) in [6.07, 6.45) is 1.32. The minimum absolute atomic E-state index is 0.0718. The molecule has 7 heteroatoms. The molecule has 2 amide bonds. The average Bonchev–Trinajstić information content (AvgIpc) is 2.80. The van der Waals surface area contributed by atoms with Gasteiger partial charge in [-0.3, -0.25) is 4.79 Å². The SMILES string of the molecule is CC(C)c1nc2c(n1C)CCN(C(=O)NCCCC(=O)O)C2. The molecule has 0 fully saturated rings. The third-order valence-corrected chi connectivity index (χ3v) is 3.94. The molecule has 122 valence electrons. The number of imidazole rings is 1. The van der Waals surface area contributed by atoms with Gasteiger partial charge in [0.25, 0.3) is 0 Å². The zero-order valence-corrected chi connectivity index (χ0v) is 13.4. The molecule has 7 nitrogen and oxygen atoms in total. The van der Waals surface area contributed by atoms with E-state index in [9.17, 15) is 9.59 Å². The first-order chi connectivity index (χ1) is 10.4. The Balaban J connectivity index is 1.93. The number of hydrogen-bond donors (Lipinski definition) is 2. The second-order valence-electron chi connectivity index (χ2n) is 5.98.